The molecule has 0 saturated heterocycles. The van der Waals surface area contributed by atoms with E-state index >= 15 is 0 Å². The van der Waals surface area contributed by atoms with Crippen LogP contribution in [0.3, 0.4) is 0 Å². The van der Waals surface area contributed by atoms with Crippen LogP contribution in [0.4, 0.5) is 0 Å². The van der Waals surface area contributed by atoms with Crippen LogP contribution in [-0.4, -0.2) is 17.0 Å². The molecule has 11 heavy (non-hydrogen) atoms. The van der Waals surface area contributed by atoms with Gasteiger partial charge < -0.3 is 9.94 Å². The van der Waals surface area contributed by atoms with Crippen LogP contribution in [0.15, 0.2) is 17.1 Å². The van der Waals surface area contributed by atoms with Gasteiger partial charge in [0.1, 0.15) is 0 Å². The molecule has 1 heterocycles. The fraction of sp³-hybridized carbons (Fsp3) is 0.286. The summed E-state index contributed by atoms with van der Waals surface area (Å²) >= 11 is 0. The Morgan fingerprint density at radius 1 is 1.64 bits per heavy atom. The number of hydrogen-bond donors (Lipinski definition) is 1. The van der Waals surface area contributed by atoms with Crippen LogP contribution < -0.4 is 10.2 Å². The first-order valence-corrected chi connectivity index (χ1v) is 3.12. The molecule has 0 radical (unpaired) electrons. The van der Waals surface area contributed by atoms with Crippen molar-refractivity contribution in [2.75, 3.05) is 7.11 Å². The van der Waals surface area contributed by atoms with Crippen molar-refractivity contribution in [2.24, 2.45) is 0 Å². The minimum absolute atomic E-state index is 0.176. The fourth-order valence-electron chi connectivity index (χ4n) is 0.856. The SMILES string of the molecule is COc1c(C)n(O)ccc1=O. The molecule has 1 N–H and O–H groups in total. The Kier molecular flexibility index (Phi) is 1.85. The molecule has 60 valence electrons. The van der Waals surface area contributed by atoms with Gasteiger partial charge in [0.2, 0.25) is 5.43 Å². The van der Waals surface area contributed by atoms with Gasteiger partial charge in [-0.1, -0.05) is 0 Å². The van der Waals surface area contributed by atoms with Crippen molar-refractivity contribution in [3.05, 3.63) is 28.2 Å². The first-order chi connectivity index (χ1) is 5.16. The third-order valence-electron chi connectivity index (χ3n) is 1.47. The molecule has 0 unspecified atom stereocenters. The van der Waals surface area contributed by atoms with E-state index in [2.05, 4.69) is 0 Å². The van der Waals surface area contributed by atoms with Crippen LogP contribution in [-0.2, 0) is 0 Å². The van der Waals surface area contributed by atoms with Gasteiger partial charge >= 0.3 is 0 Å². The Morgan fingerprint density at radius 2 is 2.27 bits per heavy atom. The second kappa shape index (κ2) is 2.65. The summed E-state index contributed by atoms with van der Waals surface area (Å²) in [6, 6.07) is 1.24. The standard InChI is InChI=1S/C7H9NO3/c1-5-7(11-2)6(9)3-4-8(5)10/h3-4,10H,1-2H3. The lowest BCUT2D eigenvalue weighted by molar-refractivity contribution is 0.173. The van der Waals surface area contributed by atoms with Gasteiger partial charge in [-0.05, 0) is 6.92 Å². The highest BCUT2D eigenvalue weighted by molar-refractivity contribution is 5.25. The number of rotatable bonds is 1. The van der Waals surface area contributed by atoms with Crippen LogP contribution in [0.2, 0.25) is 0 Å². The van der Waals surface area contributed by atoms with Gasteiger partial charge in [-0.25, -0.2) is 0 Å². The number of hydrogen-bond acceptors (Lipinski definition) is 3. The zero-order chi connectivity index (χ0) is 8.43. The van der Waals surface area contributed by atoms with E-state index in [0.29, 0.717) is 5.69 Å². The average molecular weight is 155 g/mol. The predicted octanol–water partition coefficient (Wildman–Crippen LogP) is 0.403. The smallest absolute Gasteiger partial charge is 0.223 e. The molecule has 1 aromatic rings. The van der Waals surface area contributed by atoms with E-state index in [1.54, 1.807) is 6.92 Å². The Labute approximate surface area is 63.6 Å². The molecule has 0 bridgehead atoms. The highest BCUT2D eigenvalue weighted by atomic mass is 16.5. The van der Waals surface area contributed by atoms with Crippen LogP contribution >= 0.6 is 0 Å². The minimum atomic E-state index is -0.227. The third-order valence-corrected chi connectivity index (χ3v) is 1.47. The van der Waals surface area contributed by atoms with Gasteiger partial charge in [0.05, 0.1) is 12.8 Å². The first kappa shape index (κ1) is 7.65. The largest absolute Gasteiger partial charge is 0.491 e. The van der Waals surface area contributed by atoms with Gasteiger partial charge in [-0.15, -0.1) is 0 Å². The lowest BCUT2D eigenvalue weighted by Gasteiger charge is -2.05. The normalized spacial score (nSPS) is 9.64. The molecule has 0 fully saturated rings. The van der Waals surface area contributed by atoms with E-state index in [4.69, 9.17) is 9.94 Å². The van der Waals surface area contributed by atoms with Gasteiger partial charge in [0.25, 0.3) is 0 Å². The molecule has 4 heteroatoms. The average Bonchev–Trinajstić information content (AvgIpc) is 1.99. The summed E-state index contributed by atoms with van der Waals surface area (Å²) in [6.07, 6.45) is 1.28. The molecule has 0 amide bonds. The predicted molar refractivity (Wildman–Crippen MR) is 39.2 cm³/mol. The van der Waals surface area contributed by atoms with E-state index in [-0.39, 0.29) is 11.2 Å². The van der Waals surface area contributed by atoms with E-state index < -0.39 is 0 Å². The Hall–Kier alpha value is -1.45. The van der Waals surface area contributed by atoms with E-state index in [1.807, 2.05) is 0 Å². The summed E-state index contributed by atoms with van der Waals surface area (Å²) in [5.74, 6) is 0.176. The molecule has 0 atom stereocenters. The van der Waals surface area contributed by atoms with Crippen LogP contribution in [0, 0.1) is 6.92 Å². The molecular weight excluding hydrogens is 146 g/mol. The van der Waals surface area contributed by atoms with Gasteiger partial charge in [0, 0.05) is 12.3 Å². The van der Waals surface area contributed by atoms with Crippen molar-refractivity contribution in [3.63, 3.8) is 0 Å². The highest BCUT2D eigenvalue weighted by Crippen LogP contribution is 2.07. The van der Waals surface area contributed by atoms with Crippen LogP contribution in [0.1, 0.15) is 5.69 Å². The number of ether oxygens (including phenoxy) is 1. The third kappa shape index (κ3) is 1.19. The number of methoxy groups -OCH3 is 1. The Bertz CT molecular complexity index is 316. The van der Waals surface area contributed by atoms with Crippen molar-refractivity contribution in [1.29, 1.82) is 0 Å². The molecule has 0 aliphatic carbocycles. The lowest BCUT2D eigenvalue weighted by Crippen LogP contribution is -2.11. The van der Waals surface area contributed by atoms with Crippen molar-refractivity contribution in [1.82, 2.24) is 4.73 Å². The summed E-state index contributed by atoms with van der Waals surface area (Å²) < 4.78 is 5.61. The second-order valence-electron chi connectivity index (χ2n) is 2.14. The lowest BCUT2D eigenvalue weighted by atomic mass is 10.3. The first-order valence-electron chi connectivity index (χ1n) is 3.12. The quantitative estimate of drug-likeness (QED) is 0.597. The molecule has 0 aromatic carbocycles. The summed E-state index contributed by atoms with van der Waals surface area (Å²) in [5.41, 5.74) is 0.176. The highest BCUT2D eigenvalue weighted by Gasteiger charge is 2.04. The van der Waals surface area contributed by atoms with Gasteiger partial charge in [-0.3, -0.25) is 4.79 Å². The number of pyridine rings is 1. The zero-order valence-electron chi connectivity index (χ0n) is 6.37. The monoisotopic (exact) mass is 155 g/mol. The van der Waals surface area contributed by atoms with E-state index in [9.17, 15) is 4.79 Å². The summed E-state index contributed by atoms with van der Waals surface area (Å²) in [6.45, 7) is 1.60. The summed E-state index contributed by atoms with van der Waals surface area (Å²) in [5, 5.41) is 9.05. The second-order valence-corrected chi connectivity index (χ2v) is 2.14. The molecular formula is C7H9NO3. The van der Waals surface area contributed by atoms with Crippen molar-refractivity contribution < 1.29 is 9.94 Å². The topological polar surface area (TPSA) is 51.5 Å². The molecule has 0 aliphatic heterocycles. The minimum Gasteiger partial charge on any atom is -0.491 e. The molecule has 4 nitrogen and oxygen atoms in total. The van der Waals surface area contributed by atoms with E-state index in [0.717, 1.165) is 4.73 Å². The maximum absolute atomic E-state index is 11.0. The fourth-order valence-corrected chi connectivity index (χ4v) is 0.856. The van der Waals surface area contributed by atoms with Crippen molar-refractivity contribution in [3.8, 4) is 5.75 Å². The molecule has 1 aromatic heterocycles. The van der Waals surface area contributed by atoms with Crippen LogP contribution in [0.5, 0.6) is 5.75 Å². The molecule has 0 spiro atoms. The summed E-state index contributed by atoms with van der Waals surface area (Å²) in [7, 11) is 1.39. The van der Waals surface area contributed by atoms with Crippen molar-refractivity contribution in [2.45, 2.75) is 6.92 Å². The zero-order valence-corrected chi connectivity index (χ0v) is 6.37. The Morgan fingerprint density at radius 3 is 2.73 bits per heavy atom. The Balaban J connectivity index is 3.41. The van der Waals surface area contributed by atoms with E-state index in [1.165, 1.54) is 19.4 Å². The maximum atomic E-state index is 11.0. The molecule has 0 saturated carbocycles. The number of nitrogens with zero attached hydrogens (tertiary/aromatic N) is 1. The maximum Gasteiger partial charge on any atom is 0.223 e. The summed E-state index contributed by atoms with van der Waals surface area (Å²) in [4.78, 5) is 11.0. The number of aromatic nitrogens is 1. The molecule has 1 rings (SSSR count). The van der Waals surface area contributed by atoms with Crippen molar-refractivity contribution >= 4 is 0 Å². The molecule has 0 aliphatic rings. The van der Waals surface area contributed by atoms with Crippen LogP contribution in [0.25, 0.3) is 0 Å². The van der Waals surface area contributed by atoms with Gasteiger partial charge in [0.15, 0.2) is 5.75 Å². The van der Waals surface area contributed by atoms with Gasteiger partial charge in [-0.2, -0.15) is 4.73 Å².